The zero-order valence-corrected chi connectivity index (χ0v) is 12.7. The van der Waals surface area contributed by atoms with Gasteiger partial charge in [-0.05, 0) is 18.6 Å². The molecule has 0 spiro atoms. The normalized spacial score (nSPS) is 12.2. The maximum Gasteiger partial charge on any atom is 0.161 e. The monoisotopic (exact) mass is 295 g/mol. The van der Waals surface area contributed by atoms with Crippen LogP contribution in [0.5, 0.6) is 11.5 Å². The first-order chi connectivity index (χ1) is 9.56. The van der Waals surface area contributed by atoms with Gasteiger partial charge in [-0.3, -0.25) is 4.21 Å². The van der Waals surface area contributed by atoms with Gasteiger partial charge in [0.05, 0.1) is 30.8 Å². The number of nitrogens with zero attached hydrogens (tertiary/aromatic N) is 3. The number of aromatic nitrogens is 3. The highest BCUT2D eigenvalue weighted by molar-refractivity contribution is 7.84. The first-order valence-electron chi connectivity index (χ1n) is 6.00. The van der Waals surface area contributed by atoms with Gasteiger partial charge in [-0.15, -0.1) is 10.2 Å². The van der Waals surface area contributed by atoms with Gasteiger partial charge < -0.3 is 14.0 Å². The van der Waals surface area contributed by atoms with E-state index in [2.05, 4.69) is 10.2 Å². The Hall–Kier alpha value is -1.89. The highest BCUT2D eigenvalue weighted by Crippen LogP contribution is 2.32. The summed E-state index contributed by atoms with van der Waals surface area (Å²) in [6, 6.07) is 3.57. The van der Waals surface area contributed by atoms with E-state index in [0.717, 1.165) is 5.56 Å². The lowest BCUT2D eigenvalue weighted by atomic mass is 10.2. The third-order valence-electron chi connectivity index (χ3n) is 2.99. The van der Waals surface area contributed by atoms with Crippen LogP contribution in [0, 0.1) is 6.92 Å². The summed E-state index contributed by atoms with van der Waals surface area (Å²) in [5, 5.41) is 7.74. The molecule has 0 aliphatic carbocycles. The van der Waals surface area contributed by atoms with Crippen molar-refractivity contribution >= 4 is 10.8 Å². The van der Waals surface area contributed by atoms with E-state index in [-0.39, 0.29) is 0 Å². The number of benzene rings is 1. The summed E-state index contributed by atoms with van der Waals surface area (Å²) in [5.74, 6) is 2.19. The van der Waals surface area contributed by atoms with E-state index in [0.29, 0.717) is 28.0 Å². The first-order valence-corrected chi connectivity index (χ1v) is 7.32. The second-order valence-electron chi connectivity index (χ2n) is 4.32. The van der Waals surface area contributed by atoms with Gasteiger partial charge in [-0.25, -0.2) is 0 Å². The molecule has 108 valence electrons. The van der Waals surface area contributed by atoms with Crippen LogP contribution in [-0.2, 0) is 23.6 Å². The van der Waals surface area contributed by atoms with Crippen LogP contribution in [-0.4, -0.2) is 33.2 Å². The van der Waals surface area contributed by atoms with Crippen molar-refractivity contribution in [2.45, 2.75) is 17.6 Å². The van der Waals surface area contributed by atoms with Crippen LogP contribution in [0.1, 0.15) is 11.4 Å². The molecule has 7 heteroatoms. The lowest BCUT2D eigenvalue weighted by molar-refractivity contribution is 0.353. The van der Waals surface area contributed by atoms with Gasteiger partial charge in [-0.1, -0.05) is 0 Å². The fourth-order valence-corrected chi connectivity index (χ4v) is 3.15. The quantitative estimate of drug-likeness (QED) is 0.835. The summed E-state index contributed by atoms with van der Waals surface area (Å²) in [4.78, 5) is 0.714. The van der Waals surface area contributed by atoms with Crippen LogP contribution >= 0.6 is 0 Å². The van der Waals surface area contributed by atoms with Gasteiger partial charge in [0.2, 0.25) is 0 Å². The van der Waals surface area contributed by atoms with E-state index in [9.17, 15) is 4.21 Å². The second-order valence-corrected chi connectivity index (χ2v) is 5.74. The van der Waals surface area contributed by atoms with Crippen molar-refractivity contribution < 1.29 is 13.7 Å². The minimum Gasteiger partial charge on any atom is -0.493 e. The molecule has 0 radical (unpaired) electrons. The molecule has 0 aliphatic heterocycles. The smallest absolute Gasteiger partial charge is 0.161 e. The van der Waals surface area contributed by atoms with E-state index >= 15 is 0 Å². The molecular formula is C13H17N3O3S. The van der Waals surface area contributed by atoms with Crippen LogP contribution < -0.4 is 9.47 Å². The van der Waals surface area contributed by atoms with Crippen molar-refractivity contribution in [1.82, 2.24) is 14.8 Å². The first kappa shape index (κ1) is 14.5. The Balaban J connectivity index is 2.32. The van der Waals surface area contributed by atoms with E-state index < -0.39 is 10.8 Å². The van der Waals surface area contributed by atoms with Crippen molar-refractivity contribution in [1.29, 1.82) is 0 Å². The molecule has 0 unspecified atom stereocenters. The predicted molar refractivity (Wildman–Crippen MR) is 75.4 cm³/mol. The third-order valence-corrected chi connectivity index (χ3v) is 4.44. The molecular weight excluding hydrogens is 278 g/mol. The van der Waals surface area contributed by atoms with Crippen molar-refractivity contribution in [2.75, 3.05) is 14.2 Å². The van der Waals surface area contributed by atoms with Crippen LogP contribution in [0.4, 0.5) is 0 Å². The number of ether oxygens (including phenoxy) is 2. The molecule has 2 rings (SSSR count). The van der Waals surface area contributed by atoms with E-state index in [4.69, 9.17) is 9.47 Å². The molecule has 0 saturated heterocycles. The maximum atomic E-state index is 12.5. The van der Waals surface area contributed by atoms with Crippen molar-refractivity contribution in [2.24, 2.45) is 7.05 Å². The van der Waals surface area contributed by atoms with E-state index in [1.807, 2.05) is 20.0 Å². The molecule has 1 aromatic heterocycles. The number of rotatable bonds is 5. The number of hydrogen-bond acceptors (Lipinski definition) is 5. The fraction of sp³-hybridized carbons (Fsp3) is 0.385. The summed E-state index contributed by atoms with van der Waals surface area (Å²) < 4.78 is 24.7. The Bertz CT molecular complexity index is 640. The van der Waals surface area contributed by atoms with Crippen molar-refractivity contribution in [3.05, 3.63) is 29.8 Å². The van der Waals surface area contributed by atoms with Gasteiger partial charge in [-0.2, -0.15) is 0 Å². The molecule has 20 heavy (non-hydrogen) atoms. The van der Waals surface area contributed by atoms with Gasteiger partial charge in [0.1, 0.15) is 12.2 Å². The topological polar surface area (TPSA) is 66.2 Å². The van der Waals surface area contributed by atoms with E-state index in [1.165, 1.54) is 0 Å². The van der Waals surface area contributed by atoms with Gasteiger partial charge in [0, 0.05) is 18.0 Å². The molecule has 1 atom stereocenters. The third kappa shape index (κ3) is 2.82. The van der Waals surface area contributed by atoms with Crippen LogP contribution in [0.25, 0.3) is 0 Å². The summed E-state index contributed by atoms with van der Waals surface area (Å²) >= 11 is 0. The summed E-state index contributed by atoms with van der Waals surface area (Å²) in [5.41, 5.74) is 0.892. The van der Waals surface area contributed by atoms with Crippen molar-refractivity contribution in [3.63, 3.8) is 0 Å². The van der Waals surface area contributed by atoms with Gasteiger partial charge in [0.15, 0.2) is 11.5 Å². The van der Waals surface area contributed by atoms with Crippen molar-refractivity contribution in [3.8, 4) is 11.5 Å². The van der Waals surface area contributed by atoms with Crippen LogP contribution in [0.3, 0.4) is 0 Å². The average molecular weight is 295 g/mol. The highest BCUT2D eigenvalue weighted by atomic mass is 32.2. The molecule has 0 fully saturated rings. The predicted octanol–water partition coefficient (Wildman–Crippen LogP) is 1.45. The Kier molecular flexibility index (Phi) is 4.39. The molecule has 1 heterocycles. The summed E-state index contributed by atoms with van der Waals surface area (Å²) in [6.45, 7) is 1.89. The average Bonchev–Trinajstić information content (AvgIpc) is 2.83. The molecule has 0 N–H and O–H groups in total. The largest absolute Gasteiger partial charge is 0.493 e. The minimum atomic E-state index is -1.22. The molecule has 2 aromatic rings. The Morgan fingerprint density at radius 1 is 1.25 bits per heavy atom. The van der Waals surface area contributed by atoms with Gasteiger partial charge in [0.25, 0.3) is 0 Å². The van der Waals surface area contributed by atoms with Crippen LogP contribution in [0.2, 0.25) is 0 Å². The highest BCUT2D eigenvalue weighted by Gasteiger charge is 2.15. The second kappa shape index (κ2) is 6.04. The molecule has 0 bridgehead atoms. The summed E-state index contributed by atoms with van der Waals surface area (Å²) in [7, 11) is 3.75. The zero-order valence-electron chi connectivity index (χ0n) is 11.9. The molecule has 6 nitrogen and oxygen atoms in total. The summed E-state index contributed by atoms with van der Waals surface area (Å²) in [6.07, 6.45) is 1.59. The molecule has 0 aliphatic rings. The maximum absolute atomic E-state index is 12.5. The SMILES string of the molecule is COc1cc(C)c([S@@](=O)Cc2nncn2C)cc1OC. The Labute approximate surface area is 120 Å². The Morgan fingerprint density at radius 2 is 1.90 bits per heavy atom. The lowest BCUT2D eigenvalue weighted by Gasteiger charge is -2.12. The number of aryl methyl sites for hydroxylation is 2. The number of methoxy groups -OCH3 is 2. The Morgan fingerprint density at radius 3 is 2.45 bits per heavy atom. The van der Waals surface area contributed by atoms with E-state index in [1.54, 1.807) is 31.2 Å². The standard InChI is InChI=1S/C13H17N3O3S/c1-9-5-10(18-3)11(19-4)6-12(9)20(17)7-13-15-14-8-16(13)2/h5-6,8H,7H2,1-4H3/t20-/m0/s1. The number of hydrogen-bond donors (Lipinski definition) is 0. The lowest BCUT2D eigenvalue weighted by Crippen LogP contribution is -2.05. The minimum absolute atomic E-state index is 0.312. The molecule has 1 aromatic carbocycles. The molecule has 0 saturated carbocycles. The van der Waals surface area contributed by atoms with Crippen LogP contribution in [0.15, 0.2) is 23.4 Å². The molecule has 0 amide bonds. The fourth-order valence-electron chi connectivity index (χ4n) is 1.84. The zero-order chi connectivity index (χ0) is 14.7. The van der Waals surface area contributed by atoms with Gasteiger partial charge >= 0.3 is 0 Å².